The molecule has 1 aliphatic heterocycles. The van der Waals surface area contributed by atoms with E-state index >= 15 is 0 Å². The van der Waals surface area contributed by atoms with E-state index in [1.165, 1.54) is 51.7 Å². The second kappa shape index (κ2) is 6.88. The van der Waals surface area contributed by atoms with Crippen LogP contribution in [0.4, 0.5) is 0 Å². The maximum Gasteiger partial charge on any atom is 0.0246 e. The zero-order valence-electron chi connectivity index (χ0n) is 12.5. The second-order valence-electron chi connectivity index (χ2n) is 6.37. The van der Waals surface area contributed by atoms with Gasteiger partial charge in [0, 0.05) is 25.2 Å². The largest absolute Gasteiger partial charge is 0.313 e. The van der Waals surface area contributed by atoms with E-state index in [9.17, 15) is 0 Å². The molecule has 106 valence electrons. The third-order valence-corrected chi connectivity index (χ3v) is 4.80. The molecule has 0 aromatic heterocycles. The van der Waals surface area contributed by atoms with Crippen LogP contribution in [0, 0.1) is 5.92 Å². The van der Waals surface area contributed by atoms with E-state index in [0.29, 0.717) is 0 Å². The number of likely N-dealkylation sites (tertiary alicyclic amines) is 1. The second-order valence-corrected chi connectivity index (χ2v) is 6.37. The van der Waals surface area contributed by atoms with Crippen molar-refractivity contribution in [1.82, 2.24) is 15.1 Å². The third-order valence-electron chi connectivity index (χ3n) is 4.80. The molecule has 1 saturated carbocycles. The predicted molar refractivity (Wildman–Crippen MR) is 78.0 cm³/mol. The van der Waals surface area contributed by atoms with Gasteiger partial charge in [-0.25, -0.2) is 0 Å². The number of nitrogens with one attached hydrogen (secondary N) is 1. The molecular formula is C15H31N3. The van der Waals surface area contributed by atoms with Crippen LogP contribution in [-0.2, 0) is 0 Å². The molecule has 2 rings (SSSR count). The first-order chi connectivity index (χ1) is 8.70. The molecule has 0 spiro atoms. The molecule has 1 N–H and O–H groups in total. The van der Waals surface area contributed by atoms with Crippen molar-refractivity contribution < 1.29 is 0 Å². The van der Waals surface area contributed by atoms with Gasteiger partial charge in [-0.1, -0.05) is 19.8 Å². The van der Waals surface area contributed by atoms with Crippen molar-refractivity contribution in [2.45, 2.75) is 51.1 Å². The summed E-state index contributed by atoms with van der Waals surface area (Å²) in [6.07, 6.45) is 6.97. The van der Waals surface area contributed by atoms with Crippen molar-refractivity contribution in [1.29, 1.82) is 0 Å². The third kappa shape index (κ3) is 3.69. The summed E-state index contributed by atoms with van der Waals surface area (Å²) in [5.74, 6) is 0.893. The van der Waals surface area contributed by atoms with Crippen LogP contribution >= 0.6 is 0 Å². The highest BCUT2D eigenvalue weighted by Gasteiger charge is 2.30. The topological polar surface area (TPSA) is 18.5 Å². The van der Waals surface area contributed by atoms with Gasteiger partial charge in [-0.3, -0.25) is 0 Å². The van der Waals surface area contributed by atoms with Gasteiger partial charge in [-0.05, 0) is 52.4 Å². The number of rotatable bonds is 5. The Labute approximate surface area is 113 Å². The first-order valence-corrected chi connectivity index (χ1v) is 7.83. The van der Waals surface area contributed by atoms with Crippen molar-refractivity contribution in [3.63, 3.8) is 0 Å². The molecule has 3 unspecified atom stereocenters. The summed E-state index contributed by atoms with van der Waals surface area (Å²) in [6, 6.07) is 1.50. The van der Waals surface area contributed by atoms with E-state index in [4.69, 9.17) is 0 Å². The lowest BCUT2D eigenvalue weighted by atomic mass is 9.88. The highest BCUT2D eigenvalue weighted by Crippen LogP contribution is 2.24. The van der Waals surface area contributed by atoms with E-state index in [1.54, 1.807) is 0 Å². The minimum Gasteiger partial charge on any atom is -0.313 e. The van der Waals surface area contributed by atoms with Gasteiger partial charge in [0.15, 0.2) is 0 Å². The monoisotopic (exact) mass is 253 g/mol. The standard InChI is InChI=1S/C15H31N3/c1-4-16-14-7-5-6-8-15(14)18(3)12-13-9-10-17(2)11-13/h13-16H,4-12H2,1-3H3. The number of likely N-dealkylation sites (N-methyl/N-ethyl adjacent to an activating group) is 2. The Morgan fingerprint density at radius 2 is 2.00 bits per heavy atom. The van der Waals surface area contributed by atoms with Crippen molar-refractivity contribution in [3.8, 4) is 0 Å². The lowest BCUT2D eigenvalue weighted by Crippen LogP contribution is -2.51. The van der Waals surface area contributed by atoms with E-state index < -0.39 is 0 Å². The fraction of sp³-hybridized carbons (Fsp3) is 1.00. The average molecular weight is 253 g/mol. The van der Waals surface area contributed by atoms with Crippen molar-refractivity contribution >= 4 is 0 Å². The lowest BCUT2D eigenvalue weighted by Gasteiger charge is -2.39. The van der Waals surface area contributed by atoms with Crippen LogP contribution in [0.25, 0.3) is 0 Å². The van der Waals surface area contributed by atoms with Crippen molar-refractivity contribution in [3.05, 3.63) is 0 Å². The quantitative estimate of drug-likeness (QED) is 0.806. The minimum absolute atomic E-state index is 0.730. The molecule has 2 fully saturated rings. The van der Waals surface area contributed by atoms with Crippen LogP contribution in [0.2, 0.25) is 0 Å². The van der Waals surface area contributed by atoms with Gasteiger partial charge in [0.05, 0.1) is 0 Å². The first kappa shape index (κ1) is 14.3. The van der Waals surface area contributed by atoms with Gasteiger partial charge in [0.2, 0.25) is 0 Å². The van der Waals surface area contributed by atoms with E-state index in [-0.39, 0.29) is 0 Å². The average Bonchev–Trinajstić information content (AvgIpc) is 2.76. The van der Waals surface area contributed by atoms with Gasteiger partial charge < -0.3 is 15.1 Å². The molecule has 0 bridgehead atoms. The summed E-state index contributed by atoms with van der Waals surface area (Å²) in [5, 5.41) is 3.70. The molecule has 0 radical (unpaired) electrons. The Kier molecular flexibility index (Phi) is 5.46. The SMILES string of the molecule is CCNC1CCCCC1N(C)CC1CCN(C)C1. The summed E-state index contributed by atoms with van der Waals surface area (Å²) in [4.78, 5) is 5.12. The Morgan fingerprint density at radius 3 is 2.67 bits per heavy atom. The van der Waals surface area contributed by atoms with Gasteiger partial charge in [0.1, 0.15) is 0 Å². The van der Waals surface area contributed by atoms with Crippen molar-refractivity contribution in [2.24, 2.45) is 5.92 Å². The lowest BCUT2D eigenvalue weighted by molar-refractivity contribution is 0.133. The Balaban J connectivity index is 1.83. The molecule has 0 aromatic carbocycles. The van der Waals surface area contributed by atoms with E-state index in [0.717, 1.165) is 24.5 Å². The highest BCUT2D eigenvalue weighted by atomic mass is 15.2. The van der Waals surface area contributed by atoms with E-state index in [2.05, 4.69) is 36.1 Å². The molecular weight excluding hydrogens is 222 g/mol. The summed E-state index contributed by atoms with van der Waals surface area (Å²) in [6.45, 7) is 7.22. The molecule has 1 aliphatic carbocycles. The van der Waals surface area contributed by atoms with Gasteiger partial charge in [0.25, 0.3) is 0 Å². The van der Waals surface area contributed by atoms with Crippen LogP contribution < -0.4 is 5.32 Å². The highest BCUT2D eigenvalue weighted by molar-refractivity contribution is 4.88. The van der Waals surface area contributed by atoms with E-state index in [1.807, 2.05) is 0 Å². The smallest absolute Gasteiger partial charge is 0.0246 e. The fourth-order valence-corrected chi connectivity index (χ4v) is 3.86. The van der Waals surface area contributed by atoms with Crippen LogP contribution in [0.15, 0.2) is 0 Å². The molecule has 2 aliphatic rings. The Morgan fingerprint density at radius 1 is 1.22 bits per heavy atom. The maximum absolute atomic E-state index is 3.70. The maximum atomic E-state index is 3.70. The zero-order valence-corrected chi connectivity index (χ0v) is 12.5. The van der Waals surface area contributed by atoms with Crippen LogP contribution in [-0.4, -0.2) is 62.2 Å². The normalized spacial score (nSPS) is 34.3. The van der Waals surface area contributed by atoms with Crippen molar-refractivity contribution in [2.75, 3.05) is 40.3 Å². The van der Waals surface area contributed by atoms with Gasteiger partial charge in [-0.2, -0.15) is 0 Å². The van der Waals surface area contributed by atoms with Crippen LogP contribution in [0.5, 0.6) is 0 Å². The summed E-state index contributed by atoms with van der Waals surface area (Å²) < 4.78 is 0. The number of hydrogen-bond donors (Lipinski definition) is 1. The minimum atomic E-state index is 0.730. The number of hydrogen-bond acceptors (Lipinski definition) is 3. The first-order valence-electron chi connectivity index (χ1n) is 7.83. The molecule has 0 amide bonds. The molecule has 0 aromatic rings. The molecule has 18 heavy (non-hydrogen) atoms. The summed E-state index contributed by atoms with van der Waals surface area (Å²) in [7, 11) is 4.60. The fourth-order valence-electron chi connectivity index (χ4n) is 3.86. The van der Waals surface area contributed by atoms with Crippen LogP contribution in [0.1, 0.15) is 39.0 Å². The molecule has 1 saturated heterocycles. The Hall–Kier alpha value is -0.120. The summed E-state index contributed by atoms with van der Waals surface area (Å²) in [5.41, 5.74) is 0. The molecule has 3 heteroatoms. The number of nitrogens with zero attached hydrogens (tertiary/aromatic N) is 2. The van der Waals surface area contributed by atoms with Gasteiger partial charge >= 0.3 is 0 Å². The van der Waals surface area contributed by atoms with Crippen LogP contribution in [0.3, 0.4) is 0 Å². The predicted octanol–water partition coefficient (Wildman–Crippen LogP) is 1.79. The summed E-state index contributed by atoms with van der Waals surface area (Å²) >= 11 is 0. The zero-order chi connectivity index (χ0) is 13.0. The molecule has 3 nitrogen and oxygen atoms in total. The van der Waals surface area contributed by atoms with Gasteiger partial charge in [-0.15, -0.1) is 0 Å². The molecule has 3 atom stereocenters. The molecule has 1 heterocycles. The Bertz CT molecular complexity index is 242.